The minimum absolute atomic E-state index is 0.387. The molecule has 0 aromatic heterocycles. The molecule has 0 saturated carbocycles. The van der Waals surface area contributed by atoms with Crippen LogP contribution >= 0.6 is 0 Å². The summed E-state index contributed by atoms with van der Waals surface area (Å²) in [6, 6.07) is 176. The Kier molecular flexibility index (Phi) is 19.1. The Hall–Kier alpha value is -15.1. The highest BCUT2D eigenvalue weighted by molar-refractivity contribution is 6.06. The molecule has 3 aliphatic carbocycles. The van der Waals surface area contributed by atoms with Gasteiger partial charge in [-0.25, -0.2) is 0 Å². The number of hydrogen-bond acceptors (Lipinski definition) is 0. The molecule has 0 heterocycles. The maximum atomic E-state index is 2.42. The van der Waals surface area contributed by atoms with Gasteiger partial charge in [-0.3, -0.25) is 0 Å². The Morgan fingerprint density at radius 3 is 0.721 bits per heavy atom. The van der Waals surface area contributed by atoms with E-state index in [1.54, 1.807) is 0 Å². The number of rotatable bonds is 12. The van der Waals surface area contributed by atoms with E-state index < -0.39 is 10.8 Å². The summed E-state index contributed by atoms with van der Waals surface area (Å²) < 4.78 is 0. The van der Waals surface area contributed by atoms with Crippen molar-refractivity contribution < 1.29 is 0 Å². The van der Waals surface area contributed by atoms with Crippen molar-refractivity contribution in [3.8, 4) is 100 Å². The average molecular weight is 1550 g/mol. The van der Waals surface area contributed by atoms with Crippen molar-refractivity contribution in [2.45, 2.75) is 37.0 Å². The van der Waals surface area contributed by atoms with Gasteiger partial charge in [-0.05, 0) is 209 Å². The van der Waals surface area contributed by atoms with E-state index in [0.29, 0.717) is 0 Å². The zero-order valence-electron chi connectivity index (χ0n) is 68.6. The van der Waals surface area contributed by atoms with Crippen LogP contribution in [0, 0.1) is 20.8 Å². The Bertz CT molecular complexity index is 6970. The third-order valence-electron chi connectivity index (χ3n) is 26.1. The van der Waals surface area contributed by atoms with E-state index in [2.05, 4.69) is 500 Å². The van der Waals surface area contributed by atoms with Crippen molar-refractivity contribution in [1.29, 1.82) is 0 Å². The zero-order chi connectivity index (χ0) is 81.7. The van der Waals surface area contributed by atoms with Crippen molar-refractivity contribution in [1.82, 2.24) is 0 Å². The first-order chi connectivity index (χ1) is 60.2. The van der Waals surface area contributed by atoms with Crippen LogP contribution in [0.15, 0.2) is 479 Å². The predicted molar refractivity (Wildman–Crippen MR) is 513 cm³/mol. The van der Waals surface area contributed by atoms with E-state index >= 15 is 0 Å². The lowest BCUT2D eigenvalue weighted by molar-refractivity contribution is 0.768. The highest BCUT2D eigenvalue weighted by atomic mass is 14.5. The molecular weight excluding hydrogens is 1470 g/mol. The molecular formula is C122H88. The van der Waals surface area contributed by atoms with Crippen LogP contribution < -0.4 is 0 Å². The molecule has 576 valence electrons. The first-order valence-corrected chi connectivity index (χ1v) is 42.7. The van der Waals surface area contributed by atoms with Gasteiger partial charge in [0.1, 0.15) is 0 Å². The van der Waals surface area contributed by atoms with E-state index in [0.717, 1.165) is 0 Å². The van der Waals surface area contributed by atoms with Crippen LogP contribution in [-0.2, 0) is 16.2 Å². The lowest BCUT2D eigenvalue weighted by Crippen LogP contribution is -2.28. The van der Waals surface area contributed by atoms with Crippen LogP contribution in [0.3, 0.4) is 0 Å². The molecule has 0 amide bonds. The second-order valence-corrected chi connectivity index (χ2v) is 33.0. The van der Waals surface area contributed by atoms with Crippen LogP contribution in [0.4, 0.5) is 0 Å². The summed E-state index contributed by atoms with van der Waals surface area (Å²) in [6.45, 7) is 6.61. The summed E-state index contributed by atoms with van der Waals surface area (Å²) >= 11 is 0. The molecule has 0 atom stereocenters. The van der Waals surface area contributed by atoms with Crippen molar-refractivity contribution in [2.75, 3.05) is 0 Å². The largest absolute Gasteiger partial charge is 0.0713 e. The van der Waals surface area contributed by atoms with Gasteiger partial charge >= 0.3 is 0 Å². The lowest BCUT2D eigenvalue weighted by atomic mass is 9.67. The predicted octanol–water partition coefficient (Wildman–Crippen LogP) is 31.4. The number of aryl methyl sites for hydroxylation is 3. The molecule has 0 saturated heterocycles. The van der Waals surface area contributed by atoms with Crippen LogP contribution in [-0.4, -0.2) is 0 Å². The summed E-state index contributed by atoms with van der Waals surface area (Å²) in [5.74, 6) is 0. The number of hydrogen-bond donors (Lipinski definition) is 0. The summed E-state index contributed by atoms with van der Waals surface area (Å²) in [5, 5.41) is 5.17. The molecule has 0 aliphatic heterocycles. The lowest BCUT2D eigenvalue weighted by Gasteiger charge is -2.34. The van der Waals surface area contributed by atoms with E-state index in [1.165, 1.54) is 205 Å². The summed E-state index contributed by atoms with van der Waals surface area (Å²) in [7, 11) is 0. The van der Waals surface area contributed by atoms with Crippen molar-refractivity contribution >= 4 is 21.5 Å². The van der Waals surface area contributed by atoms with Crippen molar-refractivity contribution in [2.24, 2.45) is 0 Å². The fraction of sp³-hybridized carbons (Fsp3) is 0.0492. The van der Waals surface area contributed by atoms with Gasteiger partial charge in [0, 0.05) is 0 Å². The van der Waals surface area contributed by atoms with E-state index in [9.17, 15) is 0 Å². The Morgan fingerprint density at radius 2 is 0.369 bits per heavy atom. The molecule has 23 rings (SSSR count). The molecule has 0 nitrogen and oxygen atoms in total. The Morgan fingerprint density at radius 1 is 0.139 bits per heavy atom. The molecule has 0 heteroatoms. The molecule has 0 fully saturated rings. The second kappa shape index (κ2) is 31.3. The van der Waals surface area contributed by atoms with Gasteiger partial charge < -0.3 is 0 Å². The van der Waals surface area contributed by atoms with Gasteiger partial charge in [0.15, 0.2) is 0 Å². The topological polar surface area (TPSA) is 0 Å². The van der Waals surface area contributed by atoms with Gasteiger partial charge in [0.25, 0.3) is 0 Å². The average Bonchev–Trinajstić information content (AvgIpc) is 1.54. The summed E-state index contributed by atoms with van der Waals surface area (Å²) in [6.07, 6.45) is 0. The first kappa shape index (κ1) is 74.5. The Balaban J connectivity index is 0.000000113. The fourth-order valence-corrected chi connectivity index (χ4v) is 20.4. The zero-order valence-corrected chi connectivity index (χ0v) is 68.6. The highest BCUT2D eigenvalue weighted by Gasteiger charge is 2.50. The van der Waals surface area contributed by atoms with Gasteiger partial charge in [0.05, 0.1) is 16.2 Å². The van der Waals surface area contributed by atoms with Crippen LogP contribution in [0.2, 0.25) is 0 Å². The SMILES string of the molecule is Cc1ccc2c(c1)-c1c(ccc3ccccc13)C2(c1ccc(-c2ccccc2)cc1)c1ccc(-c2ccccc2)cc1.Cc1ccc2c(c1)C(c1ccc(-c3ccccc3)cc1)(c1ccc(-c3ccccc3)cc1)c1ccc3ccccc3c1-2.Cc1ccc2c(c1)C(c1ccc(-c3ccccc3)cc1)(c1ccc(-c3ccccc3)cc1)c1ccccc1-2. The van der Waals surface area contributed by atoms with Gasteiger partial charge in [-0.1, -0.05) is 496 Å². The van der Waals surface area contributed by atoms with Gasteiger partial charge in [0.2, 0.25) is 0 Å². The van der Waals surface area contributed by atoms with Crippen molar-refractivity contribution in [3.05, 3.63) is 563 Å². The quantitative estimate of drug-likeness (QED) is 0.114. The summed E-state index contributed by atoms with van der Waals surface area (Å²) in [5.41, 5.74) is 41.2. The van der Waals surface area contributed by atoms with Gasteiger partial charge in [-0.15, -0.1) is 0 Å². The minimum Gasteiger partial charge on any atom is -0.0622 e. The molecule has 0 spiro atoms. The van der Waals surface area contributed by atoms with Crippen LogP contribution in [0.1, 0.15) is 83.5 Å². The third-order valence-corrected chi connectivity index (χ3v) is 26.1. The Labute approximate surface area is 716 Å². The number of benzene rings is 20. The van der Waals surface area contributed by atoms with E-state index in [4.69, 9.17) is 0 Å². The van der Waals surface area contributed by atoms with E-state index in [-0.39, 0.29) is 5.41 Å². The molecule has 0 bridgehead atoms. The summed E-state index contributed by atoms with van der Waals surface area (Å²) in [4.78, 5) is 0. The monoisotopic (exact) mass is 1550 g/mol. The molecule has 0 unspecified atom stereocenters. The fourth-order valence-electron chi connectivity index (χ4n) is 20.4. The molecule has 122 heavy (non-hydrogen) atoms. The third kappa shape index (κ3) is 12.7. The normalized spacial score (nSPS) is 13.1. The van der Waals surface area contributed by atoms with Gasteiger partial charge in [-0.2, -0.15) is 0 Å². The number of fused-ring (bicyclic) bond motifs is 13. The molecule has 0 radical (unpaired) electrons. The molecule has 20 aromatic carbocycles. The smallest absolute Gasteiger partial charge is 0.0622 e. The first-order valence-electron chi connectivity index (χ1n) is 42.7. The molecule has 3 aliphatic rings. The molecule has 0 N–H and O–H groups in total. The van der Waals surface area contributed by atoms with E-state index in [1.807, 2.05) is 0 Å². The highest BCUT2D eigenvalue weighted by Crippen LogP contribution is 2.62. The maximum Gasteiger partial charge on any atom is 0.0713 e. The van der Waals surface area contributed by atoms with Crippen LogP contribution in [0.5, 0.6) is 0 Å². The maximum absolute atomic E-state index is 2.42. The minimum atomic E-state index is -0.439. The second-order valence-electron chi connectivity index (χ2n) is 33.0. The van der Waals surface area contributed by atoms with Crippen LogP contribution in [0.25, 0.3) is 122 Å². The van der Waals surface area contributed by atoms with Crippen molar-refractivity contribution in [3.63, 3.8) is 0 Å². The molecule has 20 aromatic rings. The standard InChI is InChI=1S/2C42H30.C38H28/c1-29-16-26-39-38(28-29)41-37-15-9-8-14-34(37)21-27-40(41)42(39,35-22-17-32(18-23-35)30-10-4-2-5-11-30)36-24-19-33(20-25-36)31-12-6-3-7-13-31;1-29-16-26-38-40(28-29)42(39-27-21-34-14-8-9-15-37(34)41(38)39,35-22-17-32(18-23-35)30-10-4-2-5-11-30)36-24-19-33(20-25-36)31-12-6-3-7-13-31;1-27-16-25-35-34-14-8-9-15-36(34)38(37(35)26-27,32-21-17-30(18-22-32)28-10-4-2-5-11-28)33-23-19-31(20-24-33)29-12-6-3-7-13-29/h2*2-28H,1H3;2-26H,1H3.